The molecule has 0 saturated carbocycles. The van der Waals surface area contributed by atoms with Gasteiger partial charge in [0.25, 0.3) is 0 Å². The number of nitrogens with zero attached hydrogens (tertiary/aromatic N) is 2. The van der Waals surface area contributed by atoms with Crippen LogP contribution in [0.1, 0.15) is 5.56 Å². The molecule has 4 aromatic rings. The summed E-state index contributed by atoms with van der Waals surface area (Å²) in [7, 11) is 3.15. The number of hydrogen-bond donors (Lipinski definition) is 2. The largest absolute Gasteiger partial charge is 0.493 e. The smallest absolute Gasteiger partial charge is 0.228 e. The Labute approximate surface area is 167 Å². The van der Waals surface area contributed by atoms with E-state index in [1.165, 1.54) is 0 Å². The minimum absolute atomic E-state index is 0.122. The lowest BCUT2D eigenvalue weighted by molar-refractivity contribution is -0.115. The Bertz CT molecular complexity index is 1160. The topological polar surface area (TPSA) is 89.1 Å². The maximum absolute atomic E-state index is 12.5. The van der Waals surface area contributed by atoms with Crippen molar-refractivity contribution in [3.63, 3.8) is 0 Å². The first kappa shape index (κ1) is 18.5. The Morgan fingerprint density at radius 1 is 1.07 bits per heavy atom. The van der Waals surface area contributed by atoms with E-state index in [4.69, 9.17) is 9.47 Å². The predicted octanol–water partition coefficient (Wildman–Crippen LogP) is 3.82. The van der Waals surface area contributed by atoms with Gasteiger partial charge in [-0.25, -0.2) is 4.98 Å². The SMILES string of the molecule is COc1ccc(CC(=O)Nc2ccc3nc(-c4cccnc4)[nH]c3c2)cc1OC. The van der Waals surface area contributed by atoms with Gasteiger partial charge < -0.3 is 19.8 Å². The summed E-state index contributed by atoms with van der Waals surface area (Å²) in [6, 6.07) is 14.8. The molecule has 0 fully saturated rings. The Balaban J connectivity index is 1.49. The fourth-order valence-electron chi connectivity index (χ4n) is 3.11. The van der Waals surface area contributed by atoms with Gasteiger partial charge in [0.1, 0.15) is 5.82 Å². The molecule has 2 heterocycles. The van der Waals surface area contributed by atoms with E-state index in [0.717, 1.165) is 28.0 Å². The van der Waals surface area contributed by atoms with Gasteiger partial charge in [0.05, 0.1) is 31.7 Å². The molecule has 0 aliphatic carbocycles. The van der Waals surface area contributed by atoms with Crippen LogP contribution in [-0.4, -0.2) is 35.1 Å². The van der Waals surface area contributed by atoms with E-state index in [1.807, 2.05) is 36.4 Å². The Morgan fingerprint density at radius 2 is 1.93 bits per heavy atom. The highest BCUT2D eigenvalue weighted by molar-refractivity contribution is 5.94. The van der Waals surface area contributed by atoms with Crippen molar-refractivity contribution < 1.29 is 14.3 Å². The van der Waals surface area contributed by atoms with E-state index in [2.05, 4.69) is 20.3 Å². The monoisotopic (exact) mass is 388 g/mol. The number of amides is 1. The second-order valence-electron chi connectivity index (χ2n) is 6.47. The van der Waals surface area contributed by atoms with Crippen LogP contribution in [0.4, 0.5) is 5.69 Å². The zero-order valence-electron chi connectivity index (χ0n) is 16.1. The molecular weight excluding hydrogens is 368 g/mol. The fourth-order valence-corrected chi connectivity index (χ4v) is 3.11. The van der Waals surface area contributed by atoms with Crippen LogP contribution in [-0.2, 0) is 11.2 Å². The molecule has 0 atom stereocenters. The predicted molar refractivity (Wildman–Crippen MR) is 111 cm³/mol. The van der Waals surface area contributed by atoms with Crippen LogP contribution >= 0.6 is 0 Å². The van der Waals surface area contributed by atoms with Crippen molar-refractivity contribution in [1.29, 1.82) is 0 Å². The molecule has 2 N–H and O–H groups in total. The number of fused-ring (bicyclic) bond motifs is 1. The van der Waals surface area contributed by atoms with Gasteiger partial charge in [0, 0.05) is 23.6 Å². The van der Waals surface area contributed by atoms with Crippen LogP contribution in [0.5, 0.6) is 11.5 Å². The van der Waals surface area contributed by atoms with Gasteiger partial charge in [0.2, 0.25) is 5.91 Å². The van der Waals surface area contributed by atoms with Crippen molar-refractivity contribution >= 4 is 22.6 Å². The summed E-state index contributed by atoms with van der Waals surface area (Å²) in [6.45, 7) is 0. The summed E-state index contributed by atoms with van der Waals surface area (Å²) in [5, 5.41) is 2.93. The number of aromatic nitrogens is 3. The van der Waals surface area contributed by atoms with Crippen molar-refractivity contribution in [2.75, 3.05) is 19.5 Å². The molecule has 0 radical (unpaired) electrons. The summed E-state index contributed by atoms with van der Waals surface area (Å²) < 4.78 is 10.5. The van der Waals surface area contributed by atoms with Crippen LogP contribution < -0.4 is 14.8 Å². The molecule has 146 valence electrons. The van der Waals surface area contributed by atoms with Crippen molar-refractivity contribution in [2.24, 2.45) is 0 Å². The highest BCUT2D eigenvalue weighted by atomic mass is 16.5. The second-order valence-corrected chi connectivity index (χ2v) is 6.47. The number of carbonyl (C=O) groups excluding carboxylic acids is 1. The Morgan fingerprint density at radius 3 is 2.69 bits per heavy atom. The lowest BCUT2D eigenvalue weighted by Crippen LogP contribution is -2.14. The molecular formula is C22H20N4O3. The molecule has 1 amide bonds. The van der Waals surface area contributed by atoms with Crippen LogP contribution in [0, 0.1) is 0 Å². The number of imidazole rings is 1. The third-order valence-electron chi connectivity index (χ3n) is 4.51. The van der Waals surface area contributed by atoms with E-state index in [0.29, 0.717) is 17.2 Å². The van der Waals surface area contributed by atoms with Crippen molar-refractivity contribution in [3.8, 4) is 22.9 Å². The number of hydrogen-bond acceptors (Lipinski definition) is 5. The van der Waals surface area contributed by atoms with E-state index in [1.54, 1.807) is 38.7 Å². The molecule has 7 nitrogen and oxygen atoms in total. The van der Waals surface area contributed by atoms with Gasteiger partial charge in [-0.3, -0.25) is 9.78 Å². The molecule has 29 heavy (non-hydrogen) atoms. The molecule has 0 spiro atoms. The lowest BCUT2D eigenvalue weighted by atomic mass is 10.1. The number of aromatic amines is 1. The molecule has 0 bridgehead atoms. The zero-order chi connectivity index (χ0) is 20.2. The van der Waals surface area contributed by atoms with Crippen LogP contribution in [0.15, 0.2) is 60.9 Å². The summed E-state index contributed by atoms with van der Waals surface area (Å²) >= 11 is 0. The van der Waals surface area contributed by atoms with Gasteiger partial charge in [-0.2, -0.15) is 0 Å². The number of pyridine rings is 1. The van der Waals surface area contributed by atoms with Gasteiger partial charge in [0.15, 0.2) is 11.5 Å². The van der Waals surface area contributed by atoms with Crippen molar-refractivity contribution in [3.05, 3.63) is 66.5 Å². The molecule has 7 heteroatoms. The first-order valence-electron chi connectivity index (χ1n) is 9.07. The Hall–Kier alpha value is -3.87. The number of benzene rings is 2. The molecule has 4 rings (SSSR count). The van der Waals surface area contributed by atoms with E-state index in [9.17, 15) is 4.79 Å². The zero-order valence-corrected chi connectivity index (χ0v) is 16.1. The van der Waals surface area contributed by atoms with Gasteiger partial charge in [-0.1, -0.05) is 6.07 Å². The van der Waals surface area contributed by atoms with E-state index >= 15 is 0 Å². The first-order chi connectivity index (χ1) is 14.2. The normalized spacial score (nSPS) is 10.7. The number of rotatable bonds is 6. The van der Waals surface area contributed by atoms with E-state index in [-0.39, 0.29) is 12.3 Å². The maximum atomic E-state index is 12.5. The first-order valence-corrected chi connectivity index (χ1v) is 9.07. The summed E-state index contributed by atoms with van der Waals surface area (Å²) in [5.74, 6) is 1.84. The molecule has 0 saturated heterocycles. The van der Waals surface area contributed by atoms with Crippen LogP contribution in [0.3, 0.4) is 0 Å². The lowest BCUT2D eigenvalue weighted by Gasteiger charge is -2.10. The van der Waals surface area contributed by atoms with Gasteiger partial charge in [-0.05, 0) is 48.0 Å². The van der Waals surface area contributed by atoms with Gasteiger partial charge in [-0.15, -0.1) is 0 Å². The summed E-state index contributed by atoms with van der Waals surface area (Å²) in [4.78, 5) is 24.4. The quantitative estimate of drug-likeness (QED) is 0.524. The standard InChI is InChI=1S/C22H20N4O3/c1-28-19-8-5-14(10-20(19)29-2)11-21(27)24-16-6-7-17-18(12-16)26-22(25-17)15-4-3-9-23-13-15/h3-10,12-13H,11H2,1-2H3,(H,24,27)(H,25,26). The average molecular weight is 388 g/mol. The minimum Gasteiger partial charge on any atom is -0.493 e. The van der Waals surface area contributed by atoms with Crippen molar-refractivity contribution in [1.82, 2.24) is 15.0 Å². The highest BCUT2D eigenvalue weighted by Crippen LogP contribution is 2.28. The van der Waals surface area contributed by atoms with Crippen LogP contribution in [0.25, 0.3) is 22.4 Å². The average Bonchev–Trinajstić information content (AvgIpc) is 3.17. The third-order valence-corrected chi connectivity index (χ3v) is 4.51. The number of anilines is 1. The summed E-state index contributed by atoms with van der Waals surface area (Å²) in [5.41, 5.74) is 4.10. The fraction of sp³-hybridized carbons (Fsp3) is 0.136. The molecule has 0 aliphatic heterocycles. The van der Waals surface area contributed by atoms with Crippen molar-refractivity contribution in [2.45, 2.75) is 6.42 Å². The summed E-state index contributed by atoms with van der Waals surface area (Å²) in [6.07, 6.45) is 3.70. The minimum atomic E-state index is -0.122. The highest BCUT2D eigenvalue weighted by Gasteiger charge is 2.10. The molecule has 0 unspecified atom stereocenters. The maximum Gasteiger partial charge on any atom is 0.228 e. The van der Waals surface area contributed by atoms with Crippen LogP contribution in [0.2, 0.25) is 0 Å². The Kier molecular flexibility index (Phi) is 5.11. The molecule has 2 aromatic carbocycles. The molecule has 0 aliphatic rings. The van der Waals surface area contributed by atoms with E-state index < -0.39 is 0 Å². The number of carbonyl (C=O) groups is 1. The number of methoxy groups -OCH3 is 2. The van der Waals surface area contributed by atoms with Gasteiger partial charge >= 0.3 is 0 Å². The molecule has 2 aromatic heterocycles. The number of nitrogens with one attached hydrogen (secondary N) is 2. The second kappa shape index (κ2) is 8.02. The number of H-pyrrole nitrogens is 1. The third kappa shape index (κ3) is 4.03. The number of ether oxygens (including phenoxy) is 2.